The van der Waals surface area contributed by atoms with Gasteiger partial charge in [-0.05, 0) is 18.9 Å². The highest BCUT2D eigenvalue weighted by atomic mass is 16.6. The number of benzene rings is 1. The van der Waals surface area contributed by atoms with Crippen molar-refractivity contribution in [3.8, 4) is 0 Å². The molecule has 1 saturated heterocycles. The van der Waals surface area contributed by atoms with Crippen LogP contribution in [-0.2, 0) is 16.0 Å². The molecule has 1 aromatic rings. The highest BCUT2D eigenvalue weighted by molar-refractivity contribution is 5.89. The molecule has 0 radical (unpaired) electrons. The summed E-state index contributed by atoms with van der Waals surface area (Å²) in [4.78, 5) is 11.6. The minimum absolute atomic E-state index is 0.223. The summed E-state index contributed by atoms with van der Waals surface area (Å²) >= 11 is 0. The Labute approximate surface area is 97.6 Å². The molecule has 88 valence electrons. The van der Waals surface area contributed by atoms with Crippen LogP contribution in [0.25, 0.3) is 0 Å². The van der Waals surface area contributed by atoms with Crippen LogP contribution < -0.4 is 0 Å². The first-order valence-electron chi connectivity index (χ1n) is 5.92. The number of ketones is 1. The first kappa shape index (κ1) is 12.9. The van der Waals surface area contributed by atoms with Gasteiger partial charge in [-0.3, -0.25) is 4.79 Å². The van der Waals surface area contributed by atoms with Crippen molar-refractivity contribution in [3.63, 3.8) is 0 Å². The maximum atomic E-state index is 11.6. The third-order valence-corrected chi connectivity index (χ3v) is 2.65. The second kappa shape index (κ2) is 5.80. The first-order valence-corrected chi connectivity index (χ1v) is 5.92. The summed E-state index contributed by atoms with van der Waals surface area (Å²) < 4.78 is 5.10. The molecule has 2 rings (SSSR count). The van der Waals surface area contributed by atoms with E-state index in [1.807, 2.05) is 51.1 Å². The van der Waals surface area contributed by atoms with Crippen LogP contribution in [0.15, 0.2) is 30.3 Å². The second-order valence-electron chi connectivity index (χ2n) is 3.93. The number of rotatable bonds is 4. The fourth-order valence-electron chi connectivity index (χ4n) is 1.44. The van der Waals surface area contributed by atoms with E-state index < -0.39 is 5.60 Å². The smallest absolute Gasteiger partial charge is 0.167 e. The summed E-state index contributed by atoms with van der Waals surface area (Å²) in [6, 6.07) is 10.1. The van der Waals surface area contributed by atoms with Crippen LogP contribution in [0.1, 0.15) is 32.8 Å². The number of aryl methyl sites for hydroxylation is 1. The molecule has 1 heterocycles. The van der Waals surface area contributed by atoms with Gasteiger partial charge in [0.15, 0.2) is 5.78 Å². The van der Waals surface area contributed by atoms with Gasteiger partial charge in [-0.15, -0.1) is 0 Å². The molecule has 16 heavy (non-hydrogen) atoms. The molecule has 0 spiro atoms. The quantitative estimate of drug-likeness (QED) is 0.730. The average molecular weight is 220 g/mol. The van der Waals surface area contributed by atoms with E-state index in [1.54, 1.807) is 0 Å². The summed E-state index contributed by atoms with van der Waals surface area (Å²) in [5.74, 6) is 0.223. The van der Waals surface area contributed by atoms with Crippen LogP contribution in [0.5, 0.6) is 0 Å². The maximum Gasteiger partial charge on any atom is 0.167 e. The van der Waals surface area contributed by atoms with E-state index in [0.717, 1.165) is 6.42 Å². The molecule has 0 unspecified atom stereocenters. The van der Waals surface area contributed by atoms with Crippen LogP contribution >= 0.6 is 0 Å². The Kier molecular flexibility index (Phi) is 4.69. The normalized spacial score (nSPS) is 21.9. The Hall–Kier alpha value is -1.15. The summed E-state index contributed by atoms with van der Waals surface area (Å²) in [6.45, 7) is 6.46. The predicted molar refractivity (Wildman–Crippen MR) is 65.5 cm³/mol. The molecule has 0 aliphatic carbocycles. The van der Waals surface area contributed by atoms with Gasteiger partial charge in [-0.25, -0.2) is 0 Å². The highest BCUT2D eigenvalue weighted by Gasteiger charge is 2.45. The van der Waals surface area contributed by atoms with E-state index in [4.69, 9.17) is 4.74 Å². The van der Waals surface area contributed by atoms with Crippen LogP contribution in [-0.4, -0.2) is 18.0 Å². The number of carbonyl (C=O) groups excluding carboxylic acids is 1. The standard InChI is InChI=1S/C12H14O2.C2H6/c1-12(9-14-12)11(13)8-7-10-5-3-2-4-6-10;1-2/h2-6H,7-9H2,1H3;1-2H3/t12-;/m1./s1. The zero-order valence-corrected chi connectivity index (χ0v) is 10.3. The van der Waals surface area contributed by atoms with Crippen molar-refractivity contribution in [3.05, 3.63) is 35.9 Å². The first-order chi connectivity index (χ1) is 7.71. The van der Waals surface area contributed by atoms with E-state index >= 15 is 0 Å². The van der Waals surface area contributed by atoms with Crippen molar-refractivity contribution in [2.45, 2.75) is 39.2 Å². The maximum absolute atomic E-state index is 11.6. The Balaban J connectivity index is 0.000000606. The van der Waals surface area contributed by atoms with Crippen LogP contribution in [0.3, 0.4) is 0 Å². The van der Waals surface area contributed by atoms with Gasteiger partial charge in [-0.2, -0.15) is 0 Å². The number of epoxide rings is 1. The van der Waals surface area contributed by atoms with Gasteiger partial charge >= 0.3 is 0 Å². The molecule has 1 aromatic carbocycles. The lowest BCUT2D eigenvalue weighted by Crippen LogP contribution is -2.20. The molecule has 0 N–H and O–H groups in total. The van der Waals surface area contributed by atoms with Gasteiger partial charge in [0.05, 0.1) is 6.61 Å². The lowest BCUT2D eigenvalue weighted by Gasteiger charge is -2.03. The number of carbonyl (C=O) groups is 1. The number of Topliss-reactive ketones (excluding diaryl/α,β-unsaturated/α-hetero) is 1. The number of ether oxygens (including phenoxy) is 1. The monoisotopic (exact) mass is 220 g/mol. The van der Waals surface area contributed by atoms with Crippen LogP contribution in [0.4, 0.5) is 0 Å². The van der Waals surface area contributed by atoms with E-state index in [0.29, 0.717) is 13.0 Å². The molecule has 1 aliphatic heterocycles. The van der Waals surface area contributed by atoms with Crippen LogP contribution in [0, 0.1) is 0 Å². The molecule has 0 aromatic heterocycles. The third-order valence-electron chi connectivity index (χ3n) is 2.65. The van der Waals surface area contributed by atoms with Gasteiger partial charge in [0, 0.05) is 6.42 Å². The van der Waals surface area contributed by atoms with E-state index in [2.05, 4.69) is 0 Å². The van der Waals surface area contributed by atoms with Gasteiger partial charge in [0.2, 0.25) is 0 Å². The molecule has 0 bridgehead atoms. The molecule has 1 fully saturated rings. The van der Waals surface area contributed by atoms with Crippen molar-refractivity contribution in [1.82, 2.24) is 0 Å². The third kappa shape index (κ3) is 3.46. The zero-order valence-electron chi connectivity index (χ0n) is 10.3. The number of hydrogen-bond donors (Lipinski definition) is 0. The van der Waals surface area contributed by atoms with Crippen LogP contribution in [0.2, 0.25) is 0 Å². The van der Waals surface area contributed by atoms with E-state index in [1.165, 1.54) is 5.56 Å². The van der Waals surface area contributed by atoms with Gasteiger partial charge in [0.25, 0.3) is 0 Å². The molecule has 2 nitrogen and oxygen atoms in total. The van der Waals surface area contributed by atoms with E-state index in [9.17, 15) is 4.79 Å². The highest BCUT2D eigenvalue weighted by Crippen LogP contribution is 2.28. The summed E-state index contributed by atoms with van der Waals surface area (Å²) in [5.41, 5.74) is 0.763. The minimum atomic E-state index is -0.450. The summed E-state index contributed by atoms with van der Waals surface area (Å²) in [7, 11) is 0. The molecular weight excluding hydrogens is 200 g/mol. The summed E-state index contributed by atoms with van der Waals surface area (Å²) in [5, 5.41) is 0. The molecule has 1 aliphatic rings. The Morgan fingerprint density at radius 3 is 2.38 bits per heavy atom. The van der Waals surface area contributed by atoms with Crippen molar-refractivity contribution >= 4 is 5.78 Å². The minimum Gasteiger partial charge on any atom is -0.362 e. The largest absolute Gasteiger partial charge is 0.362 e. The molecule has 1 atom stereocenters. The molecule has 2 heteroatoms. The summed E-state index contributed by atoms with van der Waals surface area (Å²) in [6.07, 6.45) is 1.40. The van der Waals surface area contributed by atoms with Gasteiger partial charge < -0.3 is 4.74 Å². The van der Waals surface area contributed by atoms with Crippen molar-refractivity contribution in [1.29, 1.82) is 0 Å². The SMILES string of the molecule is CC.C[C@]1(C(=O)CCc2ccccc2)CO1. The molecule has 0 saturated carbocycles. The van der Waals surface area contributed by atoms with Gasteiger partial charge in [0.1, 0.15) is 5.60 Å². The van der Waals surface area contributed by atoms with E-state index in [-0.39, 0.29) is 5.78 Å². The fourth-order valence-corrected chi connectivity index (χ4v) is 1.44. The lowest BCUT2D eigenvalue weighted by molar-refractivity contribution is -0.123. The fraction of sp³-hybridized carbons (Fsp3) is 0.500. The van der Waals surface area contributed by atoms with Crippen molar-refractivity contribution in [2.24, 2.45) is 0 Å². The predicted octanol–water partition coefficient (Wildman–Crippen LogP) is 3.00. The number of hydrogen-bond acceptors (Lipinski definition) is 2. The van der Waals surface area contributed by atoms with Crippen molar-refractivity contribution in [2.75, 3.05) is 6.61 Å². The van der Waals surface area contributed by atoms with Gasteiger partial charge in [-0.1, -0.05) is 44.2 Å². The zero-order chi connectivity index (χ0) is 12.0. The molecular formula is C14H20O2. The average Bonchev–Trinajstić information content (AvgIpc) is 3.09. The second-order valence-corrected chi connectivity index (χ2v) is 3.93. The Morgan fingerprint density at radius 1 is 1.31 bits per heavy atom. The Morgan fingerprint density at radius 2 is 1.88 bits per heavy atom. The molecule has 0 amide bonds. The van der Waals surface area contributed by atoms with Crippen molar-refractivity contribution < 1.29 is 9.53 Å². The topological polar surface area (TPSA) is 29.6 Å². The lowest BCUT2D eigenvalue weighted by atomic mass is 10.0. The Bertz CT molecular complexity index is 326.